The van der Waals surface area contributed by atoms with E-state index in [4.69, 9.17) is 5.11 Å². The fourth-order valence-corrected chi connectivity index (χ4v) is 1.83. The molecule has 0 aliphatic heterocycles. The molecule has 1 aromatic rings. The number of benzene rings is 1. The second-order valence-corrected chi connectivity index (χ2v) is 4.66. The maximum Gasteiger partial charge on any atom is 0.303 e. The summed E-state index contributed by atoms with van der Waals surface area (Å²) in [5, 5.41) is 11.7. The van der Waals surface area contributed by atoms with Gasteiger partial charge in [0, 0.05) is 17.4 Å². The lowest BCUT2D eigenvalue weighted by atomic mass is 10.1. The molecule has 0 unspecified atom stereocenters. The van der Waals surface area contributed by atoms with Crippen molar-refractivity contribution in [2.75, 3.05) is 6.54 Å². The van der Waals surface area contributed by atoms with E-state index >= 15 is 0 Å². The first-order valence-corrected chi connectivity index (χ1v) is 6.06. The van der Waals surface area contributed by atoms with Gasteiger partial charge in [0.2, 0.25) is 0 Å². The molecule has 0 fully saturated rings. The number of hydrogen-bond donors (Lipinski definition) is 2. The van der Waals surface area contributed by atoms with E-state index in [2.05, 4.69) is 40.3 Å². The predicted molar refractivity (Wildman–Crippen MR) is 67.5 cm³/mol. The Hall–Kier alpha value is -0.870. The number of aryl methyl sites for hydroxylation is 1. The van der Waals surface area contributed by atoms with Crippen molar-refractivity contribution in [3.8, 4) is 0 Å². The van der Waals surface area contributed by atoms with Gasteiger partial charge in [-0.1, -0.05) is 22.0 Å². The molecule has 1 rings (SSSR count). The van der Waals surface area contributed by atoms with Gasteiger partial charge in [-0.3, -0.25) is 4.79 Å². The Morgan fingerprint density at radius 2 is 2.25 bits per heavy atom. The van der Waals surface area contributed by atoms with Crippen molar-refractivity contribution in [1.82, 2.24) is 5.32 Å². The minimum atomic E-state index is -0.736. The molecule has 2 N–H and O–H groups in total. The molecule has 88 valence electrons. The molecule has 3 nitrogen and oxygen atoms in total. The standard InChI is InChI=1S/C12H16BrNO2/c1-9-4-5-11(13)7-10(9)8-14-6-2-3-12(15)16/h4-5,7,14H,2-3,6,8H2,1H3,(H,15,16). The lowest BCUT2D eigenvalue weighted by Crippen LogP contribution is -2.16. The van der Waals surface area contributed by atoms with Crippen molar-refractivity contribution in [2.45, 2.75) is 26.3 Å². The number of carboxylic acid groups (broad SMARTS) is 1. The Labute approximate surface area is 104 Å². The van der Waals surface area contributed by atoms with Crippen LogP contribution in [-0.2, 0) is 11.3 Å². The van der Waals surface area contributed by atoms with Crippen molar-refractivity contribution in [2.24, 2.45) is 0 Å². The Morgan fingerprint density at radius 3 is 2.94 bits per heavy atom. The number of nitrogens with one attached hydrogen (secondary N) is 1. The van der Waals surface area contributed by atoms with Gasteiger partial charge in [0.05, 0.1) is 0 Å². The fraction of sp³-hybridized carbons (Fsp3) is 0.417. The summed E-state index contributed by atoms with van der Waals surface area (Å²) in [5.74, 6) is -0.736. The highest BCUT2D eigenvalue weighted by molar-refractivity contribution is 9.10. The monoisotopic (exact) mass is 285 g/mol. The molecule has 0 spiro atoms. The van der Waals surface area contributed by atoms with Crippen LogP contribution in [0.5, 0.6) is 0 Å². The first-order chi connectivity index (χ1) is 7.59. The Balaban J connectivity index is 2.31. The van der Waals surface area contributed by atoms with Crippen LogP contribution in [0.4, 0.5) is 0 Å². The van der Waals surface area contributed by atoms with Crippen molar-refractivity contribution < 1.29 is 9.90 Å². The number of hydrogen-bond acceptors (Lipinski definition) is 2. The summed E-state index contributed by atoms with van der Waals surface area (Å²) in [6.45, 7) is 3.59. The van der Waals surface area contributed by atoms with Crippen LogP contribution >= 0.6 is 15.9 Å². The van der Waals surface area contributed by atoms with Gasteiger partial charge in [0.15, 0.2) is 0 Å². The highest BCUT2D eigenvalue weighted by Gasteiger charge is 2.00. The summed E-state index contributed by atoms with van der Waals surface area (Å²) >= 11 is 3.43. The summed E-state index contributed by atoms with van der Waals surface area (Å²) in [5.41, 5.74) is 2.48. The third-order valence-electron chi connectivity index (χ3n) is 2.37. The third kappa shape index (κ3) is 4.77. The lowest BCUT2D eigenvalue weighted by molar-refractivity contribution is -0.137. The maximum absolute atomic E-state index is 10.3. The molecule has 0 radical (unpaired) electrons. The van der Waals surface area contributed by atoms with E-state index in [0.29, 0.717) is 6.42 Å². The molecule has 0 atom stereocenters. The van der Waals surface area contributed by atoms with Crippen molar-refractivity contribution in [1.29, 1.82) is 0 Å². The van der Waals surface area contributed by atoms with Gasteiger partial charge in [0.25, 0.3) is 0 Å². The summed E-state index contributed by atoms with van der Waals surface area (Å²) < 4.78 is 1.07. The lowest BCUT2D eigenvalue weighted by Gasteiger charge is -2.07. The summed E-state index contributed by atoms with van der Waals surface area (Å²) in [4.78, 5) is 10.3. The zero-order chi connectivity index (χ0) is 12.0. The zero-order valence-corrected chi connectivity index (χ0v) is 10.9. The first kappa shape index (κ1) is 13.2. The van der Waals surface area contributed by atoms with Gasteiger partial charge < -0.3 is 10.4 Å². The molecule has 0 aromatic heterocycles. The van der Waals surface area contributed by atoms with E-state index in [0.717, 1.165) is 17.6 Å². The van der Waals surface area contributed by atoms with Crippen LogP contribution in [0.25, 0.3) is 0 Å². The van der Waals surface area contributed by atoms with Gasteiger partial charge in [-0.25, -0.2) is 0 Å². The van der Waals surface area contributed by atoms with Crippen molar-refractivity contribution in [3.05, 3.63) is 33.8 Å². The molecule has 0 heterocycles. The minimum absolute atomic E-state index is 0.227. The van der Waals surface area contributed by atoms with E-state index in [1.54, 1.807) is 0 Å². The second-order valence-electron chi connectivity index (χ2n) is 3.74. The highest BCUT2D eigenvalue weighted by Crippen LogP contribution is 2.15. The van der Waals surface area contributed by atoms with Crippen LogP contribution in [0, 0.1) is 6.92 Å². The molecule has 16 heavy (non-hydrogen) atoms. The summed E-state index contributed by atoms with van der Waals surface area (Å²) in [6.07, 6.45) is 0.896. The van der Waals surface area contributed by atoms with E-state index in [9.17, 15) is 4.79 Å². The van der Waals surface area contributed by atoms with Gasteiger partial charge >= 0.3 is 5.97 Å². The number of carbonyl (C=O) groups is 1. The van der Waals surface area contributed by atoms with Crippen LogP contribution < -0.4 is 5.32 Å². The van der Waals surface area contributed by atoms with Gasteiger partial charge in [-0.15, -0.1) is 0 Å². The molecule has 1 aromatic carbocycles. The number of halogens is 1. The highest BCUT2D eigenvalue weighted by atomic mass is 79.9. The summed E-state index contributed by atoms with van der Waals surface area (Å²) in [7, 11) is 0. The number of rotatable bonds is 6. The smallest absolute Gasteiger partial charge is 0.303 e. The van der Waals surface area contributed by atoms with Crippen LogP contribution in [0.3, 0.4) is 0 Å². The normalized spacial score (nSPS) is 10.4. The van der Waals surface area contributed by atoms with E-state index in [1.807, 2.05) is 6.07 Å². The van der Waals surface area contributed by atoms with Crippen LogP contribution in [0.1, 0.15) is 24.0 Å². The Kier molecular flexibility index (Phi) is 5.49. The second kappa shape index (κ2) is 6.66. The molecule has 0 bridgehead atoms. The third-order valence-corrected chi connectivity index (χ3v) is 2.86. The zero-order valence-electron chi connectivity index (χ0n) is 9.29. The average Bonchev–Trinajstić information content (AvgIpc) is 2.22. The molecule has 0 saturated carbocycles. The van der Waals surface area contributed by atoms with Gasteiger partial charge in [-0.05, 0) is 43.1 Å². The Morgan fingerprint density at radius 1 is 1.50 bits per heavy atom. The molecule has 0 amide bonds. The largest absolute Gasteiger partial charge is 0.481 e. The molecular formula is C12H16BrNO2. The van der Waals surface area contributed by atoms with Crippen LogP contribution in [0.2, 0.25) is 0 Å². The summed E-state index contributed by atoms with van der Waals surface area (Å²) in [6, 6.07) is 6.17. The number of carboxylic acids is 1. The Bertz CT molecular complexity index is 366. The van der Waals surface area contributed by atoms with Crippen molar-refractivity contribution >= 4 is 21.9 Å². The molecule has 0 aliphatic rings. The minimum Gasteiger partial charge on any atom is -0.481 e. The SMILES string of the molecule is Cc1ccc(Br)cc1CNCCCC(=O)O. The van der Waals surface area contributed by atoms with E-state index in [-0.39, 0.29) is 6.42 Å². The molecular weight excluding hydrogens is 270 g/mol. The topological polar surface area (TPSA) is 49.3 Å². The molecule has 0 saturated heterocycles. The average molecular weight is 286 g/mol. The van der Waals surface area contributed by atoms with Crippen molar-refractivity contribution in [3.63, 3.8) is 0 Å². The van der Waals surface area contributed by atoms with Gasteiger partial charge in [-0.2, -0.15) is 0 Å². The predicted octanol–water partition coefficient (Wildman–Crippen LogP) is 2.71. The fourth-order valence-electron chi connectivity index (χ4n) is 1.42. The molecule has 0 aliphatic carbocycles. The van der Waals surface area contributed by atoms with Crippen LogP contribution in [0.15, 0.2) is 22.7 Å². The van der Waals surface area contributed by atoms with Crippen LogP contribution in [-0.4, -0.2) is 17.6 Å². The quantitative estimate of drug-likeness (QED) is 0.790. The number of aliphatic carboxylic acids is 1. The van der Waals surface area contributed by atoms with E-state index < -0.39 is 5.97 Å². The van der Waals surface area contributed by atoms with E-state index in [1.165, 1.54) is 11.1 Å². The first-order valence-electron chi connectivity index (χ1n) is 5.27. The molecule has 4 heteroatoms. The maximum atomic E-state index is 10.3. The van der Waals surface area contributed by atoms with Gasteiger partial charge in [0.1, 0.15) is 0 Å².